The summed E-state index contributed by atoms with van der Waals surface area (Å²) in [6.45, 7) is 0. The van der Waals surface area contributed by atoms with Gasteiger partial charge in [-0.25, -0.2) is 10.3 Å². The third-order valence-corrected chi connectivity index (χ3v) is 1.43. The van der Waals surface area contributed by atoms with Crippen molar-refractivity contribution < 1.29 is 4.79 Å². The molecule has 53 valence electrons. The fourth-order valence-electron chi connectivity index (χ4n) is 0.906. The standard InChI is InChI=1S/C7H5N3O/c11-6-1-2-9-7-5(6)3-8-4-10-7/h1-4H,(H,8,10)/q+1. The van der Waals surface area contributed by atoms with Gasteiger partial charge in [0.05, 0.1) is 6.20 Å². The Morgan fingerprint density at radius 1 is 1.55 bits per heavy atom. The van der Waals surface area contributed by atoms with E-state index in [0.29, 0.717) is 11.4 Å². The summed E-state index contributed by atoms with van der Waals surface area (Å²) in [6, 6.07) is 0. The molecule has 0 aromatic rings. The van der Waals surface area contributed by atoms with Gasteiger partial charge in [0, 0.05) is 6.08 Å². The zero-order valence-electron chi connectivity index (χ0n) is 5.61. The van der Waals surface area contributed by atoms with Gasteiger partial charge in [-0.15, -0.1) is 0 Å². The molecule has 1 N–H and O–H groups in total. The highest BCUT2D eigenvalue weighted by Crippen LogP contribution is 2.04. The molecule has 0 atom stereocenters. The Kier molecular flexibility index (Phi) is 1.18. The second kappa shape index (κ2) is 2.16. The monoisotopic (exact) mass is 147 g/mol. The average molecular weight is 147 g/mol. The van der Waals surface area contributed by atoms with Gasteiger partial charge in [0.1, 0.15) is 11.8 Å². The molecule has 11 heavy (non-hydrogen) atoms. The zero-order chi connectivity index (χ0) is 7.68. The van der Waals surface area contributed by atoms with Gasteiger partial charge in [-0.05, 0) is 4.99 Å². The van der Waals surface area contributed by atoms with E-state index in [1.165, 1.54) is 24.8 Å². The van der Waals surface area contributed by atoms with Crippen LogP contribution in [0.5, 0.6) is 0 Å². The van der Waals surface area contributed by atoms with Crippen LogP contribution in [0.1, 0.15) is 0 Å². The van der Waals surface area contributed by atoms with E-state index in [4.69, 9.17) is 0 Å². The Morgan fingerprint density at radius 2 is 2.45 bits per heavy atom. The first-order valence-corrected chi connectivity index (χ1v) is 3.15. The first-order chi connectivity index (χ1) is 5.38. The molecule has 0 saturated heterocycles. The summed E-state index contributed by atoms with van der Waals surface area (Å²) < 4.78 is 0. The molecule has 2 rings (SSSR count). The van der Waals surface area contributed by atoms with Gasteiger partial charge in [0.25, 0.3) is 0 Å². The summed E-state index contributed by atoms with van der Waals surface area (Å²) in [4.78, 5) is 18.8. The first-order valence-electron chi connectivity index (χ1n) is 3.15. The average Bonchev–Trinajstić information content (AvgIpc) is 2.06. The van der Waals surface area contributed by atoms with Crippen molar-refractivity contribution in [1.29, 1.82) is 0 Å². The Labute approximate surface area is 63.0 Å². The molecule has 0 fully saturated rings. The second-order valence-electron chi connectivity index (χ2n) is 2.12. The molecule has 0 aromatic heterocycles. The van der Waals surface area contributed by atoms with Gasteiger partial charge in [0.15, 0.2) is 12.1 Å². The van der Waals surface area contributed by atoms with Crippen LogP contribution in [-0.4, -0.2) is 18.0 Å². The van der Waals surface area contributed by atoms with Crippen molar-refractivity contribution in [3.8, 4) is 0 Å². The Balaban J connectivity index is 2.48. The number of hydrogen-bond donors (Lipinski definition) is 1. The fraction of sp³-hybridized carbons (Fsp3) is 0. The largest absolute Gasteiger partial charge is 0.334 e. The number of rotatable bonds is 0. The predicted octanol–water partition coefficient (Wildman–Crippen LogP) is -0.667. The number of nitrogens with zero attached hydrogens (tertiary/aromatic N) is 2. The topological polar surface area (TPSA) is 55.6 Å². The van der Waals surface area contributed by atoms with Crippen molar-refractivity contribution in [2.24, 2.45) is 4.99 Å². The Bertz CT molecular complexity index is 323. The summed E-state index contributed by atoms with van der Waals surface area (Å²) in [5.41, 5.74) is 0.523. The van der Waals surface area contributed by atoms with Crippen LogP contribution < -0.4 is 10.3 Å². The van der Waals surface area contributed by atoms with Crippen LogP contribution >= 0.6 is 0 Å². The van der Waals surface area contributed by atoms with E-state index in [1.54, 1.807) is 0 Å². The number of hydrogen-bond acceptors (Lipinski definition) is 4. The van der Waals surface area contributed by atoms with Crippen molar-refractivity contribution in [2.75, 3.05) is 0 Å². The van der Waals surface area contributed by atoms with Crippen LogP contribution in [0.4, 0.5) is 0 Å². The summed E-state index contributed by atoms with van der Waals surface area (Å²) in [6.07, 6.45) is 5.88. The van der Waals surface area contributed by atoms with E-state index in [1.807, 2.05) is 0 Å². The number of aliphatic imine (C=N–C) groups is 2. The maximum Gasteiger partial charge on any atom is 0.334 e. The number of nitrogens with one attached hydrogen (secondary N) is 1. The number of carbonyl (C=O) groups excluding carboxylic acids is 1. The molecule has 2 aliphatic rings. The third kappa shape index (κ3) is 0.881. The maximum absolute atomic E-state index is 11.1. The van der Waals surface area contributed by atoms with Gasteiger partial charge < -0.3 is 0 Å². The summed E-state index contributed by atoms with van der Waals surface area (Å²) in [7, 11) is 0. The molecular weight excluding hydrogens is 142 g/mol. The van der Waals surface area contributed by atoms with Gasteiger partial charge in [-0.3, -0.25) is 4.79 Å². The predicted molar refractivity (Wildman–Crippen MR) is 41.0 cm³/mol. The van der Waals surface area contributed by atoms with Crippen molar-refractivity contribution in [2.45, 2.75) is 0 Å². The molecular formula is C7H5N3O+. The molecule has 0 aliphatic carbocycles. The van der Waals surface area contributed by atoms with Crippen LogP contribution in [0.25, 0.3) is 0 Å². The molecule has 0 bridgehead atoms. The Hall–Kier alpha value is -1.71. The van der Waals surface area contributed by atoms with Gasteiger partial charge >= 0.3 is 5.84 Å². The molecule has 2 heterocycles. The van der Waals surface area contributed by atoms with E-state index in [0.717, 1.165) is 0 Å². The third-order valence-electron chi connectivity index (χ3n) is 1.43. The van der Waals surface area contributed by atoms with Gasteiger partial charge in [-0.1, -0.05) is 0 Å². The lowest BCUT2D eigenvalue weighted by molar-refractivity contribution is -0.111. The summed E-state index contributed by atoms with van der Waals surface area (Å²) >= 11 is 0. The molecule has 1 radical (unpaired) electrons. The fourth-order valence-corrected chi connectivity index (χ4v) is 0.906. The summed E-state index contributed by atoms with van der Waals surface area (Å²) in [5, 5.41) is 2.77. The van der Waals surface area contributed by atoms with E-state index in [2.05, 4.69) is 15.3 Å². The van der Waals surface area contributed by atoms with E-state index >= 15 is 0 Å². The SMILES string of the molecule is O=C1C=C[N+]=C2NC=NC=C12. The minimum absolute atomic E-state index is 0.0562. The second-order valence-corrected chi connectivity index (χ2v) is 2.12. The normalized spacial score (nSPS) is 20.2. The minimum atomic E-state index is -0.0562. The van der Waals surface area contributed by atoms with Crippen LogP contribution in [-0.2, 0) is 4.79 Å². The Morgan fingerprint density at radius 3 is 3.27 bits per heavy atom. The van der Waals surface area contributed by atoms with Crippen LogP contribution in [0.3, 0.4) is 0 Å². The number of amidine groups is 1. The van der Waals surface area contributed by atoms with E-state index < -0.39 is 0 Å². The molecule has 4 nitrogen and oxygen atoms in total. The lowest BCUT2D eigenvalue weighted by atomic mass is 10.1. The molecule has 0 spiro atoms. The lowest BCUT2D eigenvalue weighted by Gasteiger charge is -2.03. The minimum Gasteiger partial charge on any atom is -0.289 e. The molecule has 0 saturated carbocycles. The highest BCUT2D eigenvalue weighted by Gasteiger charge is 2.25. The van der Waals surface area contributed by atoms with E-state index in [9.17, 15) is 4.79 Å². The van der Waals surface area contributed by atoms with Crippen molar-refractivity contribution in [3.05, 3.63) is 24.0 Å². The molecule has 0 unspecified atom stereocenters. The summed E-state index contributed by atoms with van der Waals surface area (Å²) in [5.74, 6) is 0.520. The van der Waals surface area contributed by atoms with Crippen LogP contribution in [0, 0.1) is 0 Å². The van der Waals surface area contributed by atoms with Gasteiger partial charge in [-0.2, -0.15) is 0 Å². The smallest absolute Gasteiger partial charge is 0.289 e. The molecule has 0 amide bonds. The highest BCUT2D eigenvalue weighted by atomic mass is 16.1. The van der Waals surface area contributed by atoms with Crippen LogP contribution in [0.15, 0.2) is 29.0 Å². The maximum atomic E-state index is 11.1. The number of carbonyl (C=O) groups is 1. The number of fused-ring (bicyclic) bond motifs is 1. The van der Waals surface area contributed by atoms with Crippen molar-refractivity contribution >= 4 is 18.0 Å². The highest BCUT2D eigenvalue weighted by molar-refractivity contribution is 6.28. The lowest BCUT2D eigenvalue weighted by Crippen LogP contribution is -2.34. The van der Waals surface area contributed by atoms with Gasteiger partial charge in [0.2, 0.25) is 0 Å². The van der Waals surface area contributed by atoms with Crippen molar-refractivity contribution in [3.63, 3.8) is 0 Å². The molecule has 4 heteroatoms. The molecule has 0 aromatic carbocycles. The van der Waals surface area contributed by atoms with Crippen LogP contribution in [0.2, 0.25) is 0 Å². The van der Waals surface area contributed by atoms with Crippen molar-refractivity contribution in [1.82, 2.24) is 10.3 Å². The quantitative estimate of drug-likeness (QED) is 0.494. The zero-order valence-corrected chi connectivity index (χ0v) is 5.61. The van der Waals surface area contributed by atoms with E-state index in [-0.39, 0.29) is 5.78 Å². The first kappa shape index (κ1) is 6.03. The number of allylic oxidation sites excluding steroid dienone is 1. The number of ketones is 1. The molecule has 2 aliphatic heterocycles.